The minimum absolute atomic E-state index is 0.0177. The number of ether oxygens (including phenoxy) is 1. The number of alkyl halides is 2. The fraction of sp³-hybridized carbons (Fsp3) is 0.286. The average Bonchev–Trinajstić information content (AvgIpc) is 2.69. The molecule has 1 aliphatic rings. The van der Waals surface area contributed by atoms with Gasteiger partial charge in [-0.3, -0.25) is 15.0 Å². The third kappa shape index (κ3) is 5.74. The highest BCUT2D eigenvalue weighted by Gasteiger charge is 2.40. The maximum atomic E-state index is 13.9. The lowest BCUT2D eigenvalue weighted by molar-refractivity contribution is -0.154. The molecule has 0 radical (unpaired) electrons. The molecule has 0 aromatic heterocycles. The van der Waals surface area contributed by atoms with Gasteiger partial charge in [0.1, 0.15) is 23.4 Å². The molecule has 1 aliphatic heterocycles. The first-order chi connectivity index (χ1) is 15.6. The fourth-order valence-corrected chi connectivity index (χ4v) is 3.56. The number of rotatable bonds is 8. The molecular formula is C21H20ClF3N4O4. The van der Waals surface area contributed by atoms with E-state index in [0.29, 0.717) is 12.0 Å². The molecule has 1 heterocycles. The lowest BCUT2D eigenvalue weighted by Crippen LogP contribution is -2.59. The minimum Gasteiger partial charge on any atom is -0.435 e. The summed E-state index contributed by atoms with van der Waals surface area (Å²) in [7, 11) is 0. The number of nitrogens with two attached hydrogens (primary N) is 1. The third-order valence-corrected chi connectivity index (χ3v) is 5.28. The number of halogens is 4. The number of hydrogen-bond donors (Lipinski definition) is 4. The van der Waals surface area contributed by atoms with Crippen LogP contribution in [0.3, 0.4) is 0 Å². The summed E-state index contributed by atoms with van der Waals surface area (Å²) in [6.07, 6.45) is -1.40. The number of aliphatic hydroxyl groups excluding tert-OH is 1. The zero-order chi connectivity index (χ0) is 24.3. The van der Waals surface area contributed by atoms with Gasteiger partial charge >= 0.3 is 6.61 Å². The predicted octanol–water partition coefficient (Wildman–Crippen LogP) is 2.32. The first-order valence-corrected chi connectivity index (χ1v) is 10.1. The van der Waals surface area contributed by atoms with Crippen LogP contribution in [0.4, 0.5) is 13.2 Å². The Kier molecular flexibility index (Phi) is 7.44. The second-order valence-corrected chi connectivity index (χ2v) is 7.72. The number of carbonyl (C=O) groups is 2. The maximum Gasteiger partial charge on any atom is 0.387 e. The van der Waals surface area contributed by atoms with Crippen LogP contribution in [-0.4, -0.2) is 46.9 Å². The molecule has 2 atom stereocenters. The van der Waals surface area contributed by atoms with Gasteiger partial charge in [-0.2, -0.15) is 8.78 Å². The smallest absolute Gasteiger partial charge is 0.387 e. The van der Waals surface area contributed by atoms with Gasteiger partial charge in [0.2, 0.25) is 5.91 Å². The van der Waals surface area contributed by atoms with Crippen molar-refractivity contribution < 1.29 is 32.6 Å². The van der Waals surface area contributed by atoms with Crippen LogP contribution in [0.1, 0.15) is 29.2 Å². The molecule has 2 amide bonds. The zero-order valence-corrected chi connectivity index (χ0v) is 17.8. The first kappa shape index (κ1) is 24.3. The van der Waals surface area contributed by atoms with Crippen LogP contribution in [0.25, 0.3) is 0 Å². The Morgan fingerprint density at radius 3 is 2.61 bits per heavy atom. The maximum absolute atomic E-state index is 13.9. The van der Waals surface area contributed by atoms with Crippen LogP contribution >= 0.6 is 11.6 Å². The van der Waals surface area contributed by atoms with Crippen molar-refractivity contribution in [1.29, 1.82) is 5.41 Å². The summed E-state index contributed by atoms with van der Waals surface area (Å²) in [6, 6.07) is 6.52. The van der Waals surface area contributed by atoms with Crippen LogP contribution in [0.5, 0.6) is 5.75 Å². The second kappa shape index (κ2) is 10.1. The molecule has 12 heteroatoms. The number of benzene rings is 2. The van der Waals surface area contributed by atoms with Crippen molar-refractivity contribution >= 4 is 29.3 Å². The van der Waals surface area contributed by atoms with Gasteiger partial charge in [-0.1, -0.05) is 17.7 Å². The predicted molar refractivity (Wildman–Crippen MR) is 112 cm³/mol. The molecule has 0 spiro atoms. The van der Waals surface area contributed by atoms with Crippen LogP contribution in [-0.2, 0) is 16.1 Å². The number of amides is 2. The minimum atomic E-state index is -3.11. The number of nitrogen functional groups attached to an aromatic ring is 1. The van der Waals surface area contributed by atoms with Gasteiger partial charge in [0, 0.05) is 18.1 Å². The van der Waals surface area contributed by atoms with Crippen molar-refractivity contribution in [2.45, 2.75) is 31.7 Å². The van der Waals surface area contributed by atoms with Gasteiger partial charge in [-0.15, -0.1) is 0 Å². The summed E-state index contributed by atoms with van der Waals surface area (Å²) in [5, 5.41) is 20.3. The van der Waals surface area contributed by atoms with Gasteiger partial charge in [0.15, 0.2) is 6.10 Å². The standard InChI is InChI=1S/C21H20ClF3N4O4/c22-12-6-11(7-13(8-12)33-21(24)25)17(30)20(32)29-4-3-16(29)19(31)28-9-10-1-2-14(18(26)27)15(23)5-10/h1-2,5-8,16-17,21,30H,3-4,9H2,(H3,26,27)(H,28,31). The molecule has 2 aromatic carbocycles. The van der Waals surface area contributed by atoms with E-state index in [1.807, 2.05) is 0 Å². The van der Waals surface area contributed by atoms with E-state index in [1.54, 1.807) is 0 Å². The Balaban J connectivity index is 1.63. The Hall–Kier alpha value is -3.31. The first-order valence-electron chi connectivity index (χ1n) is 9.71. The van der Waals surface area contributed by atoms with Crippen molar-refractivity contribution in [2.75, 3.05) is 6.54 Å². The van der Waals surface area contributed by atoms with Gasteiger partial charge in [0.05, 0.1) is 5.56 Å². The van der Waals surface area contributed by atoms with E-state index in [4.69, 9.17) is 22.7 Å². The van der Waals surface area contributed by atoms with Crippen LogP contribution < -0.4 is 15.8 Å². The van der Waals surface area contributed by atoms with Gasteiger partial charge in [-0.05, 0) is 47.9 Å². The number of likely N-dealkylation sites (tertiary alicyclic amines) is 1. The summed E-state index contributed by atoms with van der Waals surface area (Å²) in [4.78, 5) is 26.3. The molecule has 2 aromatic rings. The number of nitrogens with one attached hydrogen (secondary N) is 2. The Morgan fingerprint density at radius 2 is 2.03 bits per heavy atom. The summed E-state index contributed by atoms with van der Waals surface area (Å²) >= 11 is 5.86. The van der Waals surface area contributed by atoms with Crippen molar-refractivity contribution in [3.8, 4) is 5.75 Å². The van der Waals surface area contributed by atoms with Gasteiger partial charge in [-0.25, -0.2) is 4.39 Å². The topological polar surface area (TPSA) is 129 Å². The number of amidine groups is 1. The van der Waals surface area contributed by atoms with E-state index in [-0.39, 0.29) is 35.0 Å². The largest absolute Gasteiger partial charge is 0.435 e. The quantitative estimate of drug-likeness (QED) is 0.337. The SMILES string of the molecule is N=C(N)c1ccc(CNC(=O)C2CCN2C(=O)C(O)c2cc(Cl)cc(OC(F)F)c2)cc1F. The second-order valence-electron chi connectivity index (χ2n) is 7.28. The van der Waals surface area contributed by atoms with Crippen LogP contribution in [0.15, 0.2) is 36.4 Å². The van der Waals surface area contributed by atoms with Crippen molar-refractivity contribution in [3.05, 3.63) is 63.9 Å². The molecule has 33 heavy (non-hydrogen) atoms. The van der Waals surface area contributed by atoms with Crippen molar-refractivity contribution in [2.24, 2.45) is 5.73 Å². The lowest BCUT2D eigenvalue weighted by atomic mass is 9.98. The van der Waals surface area contributed by atoms with Crippen molar-refractivity contribution in [1.82, 2.24) is 10.2 Å². The molecule has 176 valence electrons. The zero-order valence-electron chi connectivity index (χ0n) is 17.0. The van der Waals surface area contributed by atoms with Gasteiger partial charge < -0.3 is 25.8 Å². The van der Waals surface area contributed by atoms with E-state index in [0.717, 1.165) is 23.1 Å². The number of nitrogens with zero attached hydrogens (tertiary/aromatic N) is 1. The highest BCUT2D eigenvalue weighted by molar-refractivity contribution is 6.30. The van der Waals surface area contributed by atoms with Crippen LogP contribution in [0.2, 0.25) is 5.02 Å². The Bertz CT molecular complexity index is 1090. The fourth-order valence-electron chi connectivity index (χ4n) is 3.33. The highest BCUT2D eigenvalue weighted by Crippen LogP contribution is 2.29. The van der Waals surface area contributed by atoms with Gasteiger partial charge in [0.25, 0.3) is 5.91 Å². The average molecular weight is 485 g/mol. The molecule has 0 aliphatic carbocycles. The third-order valence-electron chi connectivity index (χ3n) is 5.06. The van der Waals surface area contributed by atoms with E-state index in [1.165, 1.54) is 18.2 Å². The summed E-state index contributed by atoms with van der Waals surface area (Å²) < 4.78 is 43.1. The molecule has 5 N–H and O–H groups in total. The summed E-state index contributed by atoms with van der Waals surface area (Å²) in [5.41, 5.74) is 5.58. The molecular weight excluding hydrogens is 465 g/mol. The molecule has 0 bridgehead atoms. The molecule has 0 saturated carbocycles. The number of hydrogen-bond acceptors (Lipinski definition) is 5. The molecule has 1 saturated heterocycles. The molecule has 2 unspecified atom stereocenters. The molecule has 8 nitrogen and oxygen atoms in total. The van der Waals surface area contributed by atoms with Crippen LogP contribution in [0, 0.1) is 11.2 Å². The Labute approximate surface area is 191 Å². The number of aliphatic hydroxyl groups is 1. The number of carbonyl (C=O) groups excluding carboxylic acids is 2. The Morgan fingerprint density at radius 1 is 1.30 bits per heavy atom. The van der Waals surface area contributed by atoms with E-state index in [9.17, 15) is 27.9 Å². The normalized spacial score (nSPS) is 16.2. The molecule has 1 fully saturated rings. The highest BCUT2D eigenvalue weighted by atomic mass is 35.5. The lowest BCUT2D eigenvalue weighted by Gasteiger charge is -2.40. The van der Waals surface area contributed by atoms with E-state index >= 15 is 0 Å². The van der Waals surface area contributed by atoms with E-state index in [2.05, 4.69) is 10.1 Å². The molecule has 3 rings (SSSR count). The summed E-state index contributed by atoms with van der Waals surface area (Å²) in [6.45, 7) is -2.94. The van der Waals surface area contributed by atoms with Crippen molar-refractivity contribution in [3.63, 3.8) is 0 Å². The van der Waals surface area contributed by atoms with E-state index < -0.39 is 42.2 Å². The monoisotopic (exact) mass is 484 g/mol. The summed E-state index contributed by atoms with van der Waals surface area (Å²) in [5.74, 6) is -2.75.